The number of primary amides is 1. The molecule has 0 saturated carbocycles. The van der Waals surface area contributed by atoms with Crippen LogP contribution in [0.4, 0.5) is 0 Å². The van der Waals surface area contributed by atoms with Gasteiger partial charge in [-0.1, -0.05) is 50.6 Å². The number of carbonyl (C=O) groups is 5. The number of hydrogen-bond acceptors (Lipinski definition) is 7. The summed E-state index contributed by atoms with van der Waals surface area (Å²) in [6, 6.07) is 4.53. The smallest absolute Gasteiger partial charge is 0.326 e. The number of aromatic nitrogens is 2. The van der Waals surface area contributed by atoms with Crippen LogP contribution in [0.5, 0.6) is 0 Å². The van der Waals surface area contributed by atoms with Crippen molar-refractivity contribution in [3.05, 3.63) is 54.1 Å². The van der Waals surface area contributed by atoms with Gasteiger partial charge in [0, 0.05) is 24.7 Å². The molecule has 0 spiro atoms. The minimum atomic E-state index is -1.28. The Morgan fingerprint density at radius 1 is 0.974 bits per heavy atom. The number of imidazole rings is 1. The van der Waals surface area contributed by atoms with Gasteiger partial charge in [0.25, 0.3) is 0 Å². The van der Waals surface area contributed by atoms with Gasteiger partial charge in [-0.3, -0.25) is 19.2 Å². The molecule has 0 aliphatic rings. The summed E-state index contributed by atoms with van der Waals surface area (Å²) in [6.07, 6.45) is 3.20. The summed E-state index contributed by atoms with van der Waals surface area (Å²) in [5.41, 5.74) is 12.6. The molecule has 0 radical (unpaired) electrons. The monoisotopic (exact) mass is 543 g/mol. The molecule has 9 N–H and O–H groups in total. The molecule has 212 valence electrons. The number of carboxylic acid groups (broad SMARTS) is 1. The van der Waals surface area contributed by atoms with E-state index in [2.05, 4.69) is 25.9 Å². The van der Waals surface area contributed by atoms with Crippen LogP contribution >= 0.6 is 0 Å². The lowest BCUT2D eigenvalue weighted by atomic mass is 9.96. The number of nitrogens with zero attached hydrogens (tertiary/aromatic N) is 1. The summed E-state index contributed by atoms with van der Waals surface area (Å²) in [7, 11) is 0. The predicted molar refractivity (Wildman–Crippen MR) is 142 cm³/mol. The Kier molecular flexibility index (Phi) is 12.1. The van der Waals surface area contributed by atoms with Gasteiger partial charge in [0.15, 0.2) is 0 Å². The van der Waals surface area contributed by atoms with Crippen molar-refractivity contribution in [1.82, 2.24) is 25.9 Å². The van der Waals surface area contributed by atoms with E-state index >= 15 is 0 Å². The molecular weight excluding hydrogens is 506 g/mol. The van der Waals surface area contributed by atoms with Crippen LogP contribution in [-0.4, -0.2) is 68.8 Å². The highest BCUT2D eigenvalue weighted by Crippen LogP contribution is 2.11. The van der Waals surface area contributed by atoms with E-state index in [-0.39, 0.29) is 31.6 Å². The molecule has 0 saturated heterocycles. The minimum Gasteiger partial charge on any atom is -0.480 e. The maximum Gasteiger partial charge on any atom is 0.326 e. The Labute approximate surface area is 226 Å². The Balaban J connectivity index is 2.14. The zero-order valence-electron chi connectivity index (χ0n) is 22.1. The average molecular weight is 544 g/mol. The zero-order valence-corrected chi connectivity index (χ0v) is 22.1. The quantitative estimate of drug-likeness (QED) is 0.144. The van der Waals surface area contributed by atoms with Gasteiger partial charge >= 0.3 is 5.97 Å². The van der Waals surface area contributed by atoms with Gasteiger partial charge in [-0.05, 0) is 24.3 Å². The first-order valence-electron chi connectivity index (χ1n) is 12.7. The van der Waals surface area contributed by atoms with Crippen LogP contribution in [0.15, 0.2) is 42.9 Å². The molecule has 2 aromatic rings. The second-order valence-corrected chi connectivity index (χ2v) is 9.41. The van der Waals surface area contributed by atoms with Gasteiger partial charge in [0.05, 0.1) is 12.4 Å². The van der Waals surface area contributed by atoms with Crippen molar-refractivity contribution in [3.63, 3.8) is 0 Å². The molecule has 0 aliphatic carbocycles. The van der Waals surface area contributed by atoms with E-state index in [1.54, 1.807) is 6.92 Å². The highest BCUT2D eigenvalue weighted by atomic mass is 16.4. The summed E-state index contributed by atoms with van der Waals surface area (Å²) >= 11 is 0. The summed E-state index contributed by atoms with van der Waals surface area (Å²) in [6.45, 7) is 3.54. The molecular formula is C26H37N7O6. The van der Waals surface area contributed by atoms with E-state index in [9.17, 15) is 29.1 Å². The first kappa shape index (κ1) is 31.0. The van der Waals surface area contributed by atoms with Crippen LogP contribution < -0.4 is 27.4 Å². The van der Waals surface area contributed by atoms with Crippen molar-refractivity contribution < 1.29 is 29.1 Å². The molecule has 0 bridgehead atoms. The van der Waals surface area contributed by atoms with Crippen LogP contribution in [0.2, 0.25) is 0 Å². The molecule has 1 aromatic heterocycles. The topological polar surface area (TPSA) is 222 Å². The molecule has 2 rings (SSSR count). The third kappa shape index (κ3) is 10.2. The molecule has 4 amide bonds. The van der Waals surface area contributed by atoms with Crippen LogP contribution in [0, 0.1) is 5.92 Å². The molecule has 1 heterocycles. The van der Waals surface area contributed by atoms with E-state index in [4.69, 9.17) is 11.5 Å². The zero-order chi connectivity index (χ0) is 28.9. The lowest BCUT2D eigenvalue weighted by Crippen LogP contribution is -2.59. The van der Waals surface area contributed by atoms with E-state index in [0.29, 0.717) is 12.1 Å². The SMILES string of the molecule is CCC(C)C(NC(=O)C(CCC(N)=O)NC(=O)C(N)Cc1ccccc1)C(=O)NC(Cc1cnc[nH]1)C(=O)O. The van der Waals surface area contributed by atoms with Crippen molar-refractivity contribution >= 4 is 29.6 Å². The van der Waals surface area contributed by atoms with Crippen LogP contribution in [0.1, 0.15) is 44.4 Å². The van der Waals surface area contributed by atoms with Crippen LogP contribution in [-0.2, 0) is 36.8 Å². The fourth-order valence-corrected chi connectivity index (χ4v) is 3.83. The highest BCUT2D eigenvalue weighted by Gasteiger charge is 2.33. The summed E-state index contributed by atoms with van der Waals surface area (Å²) in [4.78, 5) is 69.0. The molecule has 0 aliphatic heterocycles. The number of aliphatic carboxylic acids is 1. The number of nitrogens with two attached hydrogens (primary N) is 2. The molecule has 39 heavy (non-hydrogen) atoms. The van der Waals surface area contributed by atoms with Crippen molar-refractivity contribution in [3.8, 4) is 0 Å². The van der Waals surface area contributed by atoms with Gasteiger partial charge in [0.1, 0.15) is 18.1 Å². The number of H-pyrrole nitrogens is 1. The first-order chi connectivity index (χ1) is 18.5. The number of amides is 4. The Hall–Kier alpha value is -4.26. The maximum absolute atomic E-state index is 13.3. The first-order valence-corrected chi connectivity index (χ1v) is 12.7. The minimum absolute atomic E-state index is 0.0428. The molecule has 0 fully saturated rings. The van der Waals surface area contributed by atoms with E-state index in [1.165, 1.54) is 12.5 Å². The number of benzene rings is 1. The van der Waals surface area contributed by atoms with Gasteiger partial charge in [0.2, 0.25) is 23.6 Å². The number of carbonyl (C=O) groups excluding carboxylic acids is 4. The fraction of sp³-hybridized carbons (Fsp3) is 0.462. The molecule has 13 nitrogen and oxygen atoms in total. The normalized spacial score (nSPS) is 14.7. The van der Waals surface area contributed by atoms with Gasteiger partial charge in [-0.2, -0.15) is 0 Å². The van der Waals surface area contributed by atoms with Crippen molar-refractivity contribution in [2.75, 3.05) is 0 Å². The maximum atomic E-state index is 13.3. The van der Waals surface area contributed by atoms with Gasteiger partial charge in [-0.25, -0.2) is 9.78 Å². The average Bonchev–Trinajstić information content (AvgIpc) is 3.42. The highest BCUT2D eigenvalue weighted by molar-refractivity contribution is 5.94. The predicted octanol–water partition coefficient (Wildman–Crippen LogP) is -0.627. The molecule has 5 atom stereocenters. The van der Waals surface area contributed by atoms with E-state index in [0.717, 1.165) is 5.56 Å². The third-order valence-electron chi connectivity index (χ3n) is 6.33. The van der Waals surface area contributed by atoms with Crippen molar-refractivity contribution in [2.45, 2.75) is 70.1 Å². The second-order valence-electron chi connectivity index (χ2n) is 9.41. The Morgan fingerprint density at radius 3 is 2.21 bits per heavy atom. The molecule has 5 unspecified atom stereocenters. The van der Waals surface area contributed by atoms with Gasteiger partial charge < -0.3 is 37.5 Å². The number of aromatic amines is 1. The van der Waals surface area contributed by atoms with Crippen molar-refractivity contribution in [1.29, 1.82) is 0 Å². The Bertz CT molecular complexity index is 1110. The lowest BCUT2D eigenvalue weighted by molar-refractivity contribution is -0.142. The number of hydrogen-bond donors (Lipinski definition) is 7. The molecule has 1 aromatic carbocycles. The summed E-state index contributed by atoms with van der Waals surface area (Å²) < 4.78 is 0. The Morgan fingerprint density at radius 2 is 1.64 bits per heavy atom. The number of carboxylic acids is 1. The summed E-state index contributed by atoms with van der Waals surface area (Å²) in [5.74, 6) is -4.36. The summed E-state index contributed by atoms with van der Waals surface area (Å²) in [5, 5.41) is 17.3. The van der Waals surface area contributed by atoms with E-state index < -0.39 is 53.8 Å². The van der Waals surface area contributed by atoms with Crippen LogP contribution in [0.25, 0.3) is 0 Å². The van der Waals surface area contributed by atoms with Crippen LogP contribution in [0.3, 0.4) is 0 Å². The number of rotatable bonds is 16. The van der Waals surface area contributed by atoms with Gasteiger partial charge in [-0.15, -0.1) is 0 Å². The lowest BCUT2D eigenvalue weighted by Gasteiger charge is -2.28. The van der Waals surface area contributed by atoms with Crippen molar-refractivity contribution in [2.24, 2.45) is 17.4 Å². The number of nitrogens with one attached hydrogen (secondary N) is 4. The molecule has 13 heteroatoms. The third-order valence-corrected chi connectivity index (χ3v) is 6.33. The standard InChI is InChI=1S/C26H37N7O6/c1-3-15(2)22(25(37)32-20(26(38)39)12-17-13-29-14-30-17)33-24(36)19(9-10-21(28)34)31-23(35)18(27)11-16-7-5-4-6-8-16/h4-8,13-15,18-20,22H,3,9-12,27H2,1-2H3,(H2,28,34)(H,29,30)(H,31,35)(H,32,37)(H,33,36)(H,38,39). The fourth-order valence-electron chi connectivity index (χ4n) is 3.83. The largest absolute Gasteiger partial charge is 0.480 e. The second kappa shape index (κ2) is 15.2. The van der Waals surface area contributed by atoms with E-state index in [1.807, 2.05) is 37.3 Å².